The van der Waals surface area contributed by atoms with E-state index in [0.717, 1.165) is 9.86 Å². The minimum atomic E-state index is -2.59. The van der Waals surface area contributed by atoms with E-state index >= 15 is 0 Å². The van der Waals surface area contributed by atoms with E-state index in [1.165, 1.54) is 6.07 Å². The molecular formula is C12H7BrCl2F2. The minimum Gasteiger partial charge on any atom is -0.205 e. The van der Waals surface area contributed by atoms with Crippen molar-refractivity contribution in [1.82, 2.24) is 0 Å². The zero-order valence-electron chi connectivity index (χ0n) is 8.43. The molecule has 0 radical (unpaired) electrons. The Bertz CT molecular complexity index is 555. The molecule has 17 heavy (non-hydrogen) atoms. The quantitative estimate of drug-likeness (QED) is 0.587. The van der Waals surface area contributed by atoms with Gasteiger partial charge in [0.1, 0.15) is 4.84 Å². The van der Waals surface area contributed by atoms with Crippen LogP contribution in [0.15, 0.2) is 34.8 Å². The van der Waals surface area contributed by atoms with Gasteiger partial charge in [-0.05, 0) is 22.9 Å². The number of benzene rings is 2. The van der Waals surface area contributed by atoms with E-state index in [1.54, 1.807) is 18.2 Å². The minimum absolute atomic E-state index is 0.116. The van der Waals surface area contributed by atoms with Gasteiger partial charge in [0.2, 0.25) is 0 Å². The van der Waals surface area contributed by atoms with Gasteiger partial charge >= 0.3 is 0 Å². The van der Waals surface area contributed by atoms with Crippen LogP contribution in [-0.2, 0) is 0 Å². The lowest BCUT2D eigenvalue weighted by Gasteiger charge is -2.13. The Kier molecular flexibility index (Phi) is 3.91. The molecule has 0 spiro atoms. The molecule has 0 atom stereocenters. The topological polar surface area (TPSA) is 0 Å². The van der Waals surface area contributed by atoms with E-state index in [4.69, 9.17) is 23.2 Å². The van der Waals surface area contributed by atoms with E-state index in [0.29, 0.717) is 5.39 Å². The molecule has 0 aliphatic rings. The SMILES string of the molecule is FC(F)c1ccc2cc(Br)ccc2c1C(Cl)Cl. The first kappa shape index (κ1) is 13.1. The van der Waals surface area contributed by atoms with Gasteiger partial charge in [-0.15, -0.1) is 23.2 Å². The summed E-state index contributed by atoms with van der Waals surface area (Å²) in [4.78, 5) is -0.969. The molecular weight excluding hydrogens is 333 g/mol. The molecule has 0 unspecified atom stereocenters. The largest absolute Gasteiger partial charge is 0.264 e. The van der Waals surface area contributed by atoms with Gasteiger partial charge in [-0.2, -0.15) is 0 Å². The van der Waals surface area contributed by atoms with Crippen molar-refractivity contribution in [2.45, 2.75) is 11.3 Å². The van der Waals surface area contributed by atoms with Crippen LogP contribution in [0.3, 0.4) is 0 Å². The molecule has 0 fully saturated rings. The van der Waals surface area contributed by atoms with Crippen molar-refractivity contribution in [2.75, 3.05) is 0 Å². The first-order chi connectivity index (χ1) is 8.00. The monoisotopic (exact) mass is 338 g/mol. The van der Waals surface area contributed by atoms with Crippen molar-refractivity contribution in [3.8, 4) is 0 Å². The second-order valence-corrected chi connectivity index (χ2v) is 5.55. The zero-order chi connectivity index (χ0) is 12.6. The highest BCUT2D eigenvalue weighted by atomic mass is 79.9. The Balaban J connectivity index is 2.79. The Morgan fingerprint density at radius 1 is 1.06 bits per heavy atom. The van der Waals surface area contributed by atoms with E-state index < -0.39 is 11.3 Å². The molecule has 2 aromatic rings. The van der Waals surface area contributed by atoms with Crippen LogP contribution < -0.4 is 0 Å². The van der Waals surface area contributed by atoms with Crippen molar-refractivity contribution in [2.24, 2.45) is 0 Å². The number of halogens is 5. The van der Waals surface area contributed by atoms with Crippen LogP contribution in [0, 0.1) is 0 Å². The van der Waals surface area contributed by atoms with Gasteiger partial charge in [0, 0.05) is 15.6 Å². The number of alkyl halides is 4. The molecule has 0 N–H and O–H groups in total. The maximum absolute atomic E-state index is 12.9. The van der Waals surface area contributed by atoms with Crippen LogP contribution in [0.5, 0.6) is 0 Å². The Hall–Kier alpha value is -0.380. The van der Waals surface area contributed by atoms with Crippen LogP contribution in [0.1, 0.15) is 22.4 Å². The lowest BCUT2D eigenvalue weighted by Crippen LogP contribution is -1.95. The summed E-state index contributed by atoms with van der Waals surface area (Å²) in [6.45, 7) is 0. The van der Waals surface area contributed by atoms with Gasteiger partial charge in [0.05, 0.1) is 0 Å². The highest BCUT2D eigenvalue weighted by molar-refractivity contribution is 9.10. The Morgan fingerprint density at radius 2 is 1.76 bits per heavy atom. The third-order valence-corrected chi connectivity index (χ3v) is 3.44. The predicted molar refractivity (Wildman–Crippen MR) is 71.1 cm³/mol. The molecule has 0 heterocycles. The van der Waals surface area contributed by atoms with Crippen molar-refractivity contribution in [3.63, 3.8) is 0 Å². The van der Waals surface area contributed by atoms with Crippen LogP contribution in [-0.4, -0.2) is 0 Å². The molecule has 0 amide bonds. The zero-order valence-corrected chi connectivity index (χ0v) is 11.5. The van der Waals surface area contributed by atoms with E-state index in [2.05, 4.69) is 15.9 Å². The summed E-state index contributed by atoms with van der Waals surface area (Å²) in [6.07, 6.45) is -2.59. The van der Waals surface area contributed by atoms with E-state index in [-0.39, 0.29) is 11.1 Å². The maximum Gasteiger partial charge on any atom is 0.264 e. The second kappa shape index (κ2) is 5.09. The van der Waals surface area contributed by atoms with Gasteiger partial charge in [-0.25, -0.2) is 8.78 Å². The number of rotatable bonds is 2. The first-order valence-electron chi connectivity index (χ1n) is 4.79. The fourth-order valence-corrected chi connectivity index (χ4v) is 2.64. The van der Waals surface area contributed by atoms with Crippen molar-refractivity contribution in [1.29, 1.82) is 0 Å². The average molecular weight is 340 g/mol. The lowest BCUT2D eigenvalue weighted by molar-refractivity contribution is 0.150. The summed E-state index contributed by atoms with van der Waals surface area (Å²) in [6, 6.07) is 8.35. The van der Waals surface area contributed by atoms with Crippen molar-refractivity contribution in [3.05, 3.63) is 45.9 Å². The third kappa shape index (κ3) is 2.56. The standard InChI is InChI=1S/C12H7BrCl2F2/c13-7-2-4-8-6(5-7)1-3-9(12(16)17)10(8)11(14)15/h1-5,11-12H. The molecule has 90 valence electrons. The summed E-state index contributed by atoms with van der Waals surface area (Å²) < 4.78 is 26.6. The van der Waals surface area contributed by atoms with Crippen LogP contribution in [0.4, 0.5) is 8.78 Å². The van der Waals surface area contributed by atoms with E-state index in [1.807, 2.05) is 6.07 Å². The van der Waals surface area contributed by atoms with Gasteiger partial charge in [-0.1, -0.05) is 34.1 Å². The number of hydrogen-bond donors (Lipinski definition) is 0. The third-order valence-electron chi connectivity index (χ3n) is 2.51. The van der Waals surface area contributed by atoms with Gasteiger partial charge in [-0.3, -0.25) is 0 Å². The summed E-state index contributed by atoms with van der Waals surface area (Å²) >= 11 is 14.9. The van der Waals surface area contributed by atoms with Crippen LogP contribution in [0.25, 0.3) is 10.8 Å². The molecule has 0 aromatic heterocycles. The summed E-state index contributed by atoms with van der Waals surface area (Å²) in [5, 5.41) is 1.48. The van der Waals surface area contributed by atoms with Crippen LogP contribution >= 0.6 is 39.1 Å². The number of hydrogen-bond acceptors (Lipinski definition) is 0. The summed E-state index contributed by atoms with van der Waals surface area (Å²) in [7, 11) is 0. The van der Waals surface area contributed by atoms with Gasteiger partial charge in [0.15, 0.2) is 0 Å². The van der Waals surface area contributed by atoms with Crippen LogP contribution in [0.2, 0.25) is 0 Å². The summed E-state index contributed by atoms with van der Waals surface area (Å²) in [5.74, 6) is 0. The highest BCUT2D eigenvalue weighted by Crippen LogP contribution is 2.38. The molecule has 2 rings (SSSR count). The molecule has 0 bridgehead atoms. The fourth-order valence-electron chi connectivity index (χ4n) is 1.78. The molecule has 0 aliphatic heterocycles. The Morgan fingerprint density at radius 3 is 2.35 bits per heavy atom. The molecule has 0 aliphatic carbocycles. The molecule has 2 aromatic carbocycles. The smallest absolute Gasteiger partial charge is 0.205 e. The maximum atomic E-state index is 12.9. The average Bonchev–Trinajstić information content (AvgIpc) is 2.26. The second-order valence-electron chi connectivity index (χ2n) is 3.54. The summed E-state index contributed by atoms with van der Waals surface area (Å²) in [5.41, 5.74) is 0.170. The molecule has 0 saturated carbocycles. The van der Waals surface area contributed by atoms with Crippen molar-refractivity contribution >= 4 is 49.9 Å². The highest BCUT2D eigenvalue weighted by Gasteiger charge is 2.19. The predicted octanol–water partition coefficient (Wildman–Crippen LogP) is 6.02. The van der Waals surface area contributed by atoms with Gasteiger partial charge < -0.3 is 0 Å². The molecule has 5 heteroatoms. The fraction of sp³-hybridized carbons (Fsp3) is 0.167. The van der Waals surface area contributed by atoms with Crippen molar-refractivity contribution < 1.29 is 8.78 Å². The van der Waals surface area contributed by atoms with Gasteiger partial charge in [0.25, 0.3) is 6.43 Å². The normalized spacial score (nSPS) is 11.7. The molecule has 0 nitrogen and oxygen atoms in total. The number of fused-ring (bicyclic) bond motifs is 1. The van der Waals surface area contributed by atoms with E-state index in [9.17, 15) is 8.78 Å². The first-order valence-corrected chi connectivity index (χ1v) is 6.45. The Labute approximate surface area is 116 Å². The lowest BCUT2D eigenvalue weighted by atomic mass is 10.0. The molecule has 0 saturated heterocycles.